The molecule has 0 aliphatic carbocycles. The molecule has 0 saturated heterocycles. The first-order chi connectivity index (χ1) is 9.52. The van der Waals surface area contributed by atoms with Crippen LogP contribution < -0.4 is 10.6 Å². The molecule has 1 heterocycles. The maximum atomic E-state index is 13.8. The summed E-state index contributed by atoms with van der Waals surface area (Å²) in [6, 6.07) is 6.37. The van der Waals surface area contributed by atoms with Gasteiger partial charge in [0.15, 0.2) is 23.3 Å². The molecule has 0 amide bonds. The van der Waals surface area contributed by atoms with E-state index in [1.165, 1.54) is 0 Å². The molecular weight excluding hydrogens is 328 g/mol. The minimum absolute atomic E-state index is 0.0198. The van der Waals surface area contributed by atoms with Gasteiger partial charge in [0.05, 0.1) is 5.69 Å². The van der Waals surface area contributed by atoms with E-state index in [0.29, 0.717) is 12.2 Å². The molecule has 106 valence electrons. The Bertz CT molecular complexity index is 632. The van der Waals surface area contributed by atoms with Gasteiger partial charge in [-0.1, -0.05) is 12.1 Å². The van der Waals surface area contributed by atoms with Gasteiger partial charge in [-0.2, -0.15) is 0 Å². The van der Waals surface area contributed by atoms with Gasteiger partial charge in [0.1, 0.15) is 0 Å². The Morgan fingerprint density at radius 2 is 1.90 bits per heavy atom. The lowest BCUT2D eigenvalue weighted by molar-refractivity contribution is 0.579. The van der Waals surface area contributed by atoms with Gasteiger partial charge in [-0.3, -0.25) is 0 Å². The molecule has 0 fully saturated rings. The normalized spacial score (nSPS) is 10.4. The maximum absolute atomic E-state index is 13.8. The predicted molar refractivity (Wildman–Crippen MR) is 80.5 cm³/mol. The minimum atomic E-state index is -0.738. The molecule has 3 nitrogen and oxygen atoms in total. The number of pyridine rings is 1. The van der Waals surface area contributed by atoms with Crippen molar-refractivity contribution in [2.24, 2.45) is 0 Å². The Labute approximate surface area is 124 Å². The van der Waals surface area contributed by atoms with Gasteiger partial charge in [-0.25, -0.2) is 13.8 Å². The van der Waals surface area contributed by atoms with Crippen molar-refractivity contribution >= 4 is 33.3 Å². The summed E-state index contributed by atoms with van der Waals surface area (Å²) in [5, 5.41) is 5.62. The van der Waals surface area contributed by atoms with Gasteiger partial charge in [0.25, 0.3) is 0 Å². The average molecular weight is 342 g/mol. The van der Waals surface area contributed by atoms with E-state index in [2.05, 4.69) is 31.5 Å². The molecule has 0 atom stereocenters. The summed E-state index contributed by atoms with van der Waals surface area (Å²) in [4.78, 5) is 3.93. The second-order valence-corrected chi connectivity index (χ2v) is 5.03. The Hall–Kier alpha value is -1.69. The van der Waals surface area contributed by atoms with Crippen molar-refractivity contribution < 1.29 is 8.78 Å². The van der Waals surface area contributed by atoms with E-state index in [1.807, 2.05) is 26.0 Å². The van der Waals surface area contributed by atoms with E-state index in [0.717, 1.165) is 16.1 Å². The highest BCUT2D eigenvalue weighted by atomic mass is 79.9. The molecule has 0 saturated carbocycles. The van der Waals surface area contributed by atoms with Crippen molar-refractivity contribution in [2.45, 2.75) is 13.8 Å². The smallest absolute Gasteiger partial charge is 0.169 e. The number of hydrogen-bond donors (Lipinski definition) is 2. The van der Waals surface area contributed by atoms with Crippen LogP contribution in [0.4, 0.5) is 26.1 Å². The monoisotopic (exact) mass is 341 g/mol. The second-order valence-electron chi connectivity index (χ2n) is 4.24. The number of hydrogen-bond acceptors (Lipinski definition) is 3. The molecule has 2 aromatic rings. The van der Waals surface area contributed by atoms with Crippen LogP contribution >= 0.6 is 15.9 Å². The summed E-state index contributed by atoms with van der Waals surface area (Å²) in [5.74, 6) is -1.44. The second kappa shape index (κ2) is 6.17. The zero-order chi connectivity index (χ0) is 14.7. The summed E-state index contributed by atoms with van der Waals surface area (Å²) in [7, 11) is 0. The van der Waals surface area contributed by atoms with Gasteiger partial charge in [-0.05, 0) is 41.4 Å². The van der Waals surface area contributed by atoms with Crippen LogP contribution in [0.25, 0.3) is 0 Å². The highest BCUT2D eigenvalue weighted by molar-refractivity contribution is 9.10. The number of halogens is 3. The topological polar surface area (TPSA) is 37.0 Å². The van der Waals surface area contributed by atoms with Gasteiger partial charge < -0.3 is 10.6 Å². The first kappa shape index (κ1) is 14.7. The molecule has 0 radical (unpaired) electrons. The van der Waals surface area contributed by atoms with Crippen molar-refractivity contribution in [3.63, 3.8) is 0 Å². The molecular formula is C14H14BrF2N3. The Kier molecular flexibility index (Phi) is 4.54. The van der Waals surface area contributed by atoms with Crippen molar-refractivity contribution in [1.82, 2.24) is 4.98 Å². The third-order valence-electron chi connectivity index (χ3n) is 2.72. The van der Waals surface area contributed by atoms with Gasteiger partial charge >= 0.3 is 0 Å². The van der Waals surface area contributed by atoms with Crippen LogP contribution in [0.15, 0.2) is 28.7 Å². The Balaban J connectivity index is 2.38. The fourth-order valence-electron chi connectivity index (χ4n) is 1.72. The average Bonchev–Trinajstić information content (AvgIpc) is 2.40. The largest absolute Gasteiger partial charge is 0.368 e. The number of rotatable bonds is 4. The molecule has 2 N–H and O–H groups in total. The zero-order valence-corrected chi connectivity index (χ0v) is 12.7. The van der Waals surface area contributed by atoms with E-state index in [4.69, 9.17) is 0 Å². The zero-order valence-electron chi connectivity index (χ0n) is 11.1. The van der Waals surface area contributed by atoms with Crippen molar-refractivity contribution in [3.8, 4) is 0 Å². The Morgan fingerprint density at radius 3 is 2.60 bits per heavy atom. The van der Waals surface area contributed by atoms with Crippen molar-refractivity contribution in [3.05, 3.63) is 45.9 Å². The van der Waals surface area contributed by atoms with Crippen molar-refractivity contribution in [1.29, 1.82) is 0 Å². The lowest BCUT2D eigenvalue weighted by Gasteiger charge is -2.12. The van der Waals surface area contributed by atoms with Crippen LogP contribution in [0.5, 0.6) is 0 Å². The summed E-state index contributed by atoms with van der Waals surface area (Å²) >= 11 is 3.42. The summed E-state index contributed by atoms with van der Waals surface area (Å²) in [5.41, 5.74) is 1.68. The maximum Gasteiger partial charge on any atom is 0.169 e. The highest BCUT2D eigenvalue weighted by Crippen LogP contribution is 2.29. The molecule has 20 heavy (non-hydrogen) atoms. The Morgan fingerprint density at radius 1 is 1.20 bits per heavy atom. The van der Waals surface area contributed by atoms with Crippen molar-refractivity contribution in [2.75, 3.05) is 17.2 Å². The van der Waals surface area contributed by atoms with Crippen LogP contribution in [0.1, 0.15) is 12.5 Å². The number of benzene rings is 1. The number of nitrogens with zero attached hydrogens (tertiary/aromatic N) is 1. The van der Waals surface area contributed by atoms with E-state index in [9.17, 15) is 8.78 Å². The minimum Gasteiger partial charge on any atom is -0.368 e. The predicted octanol–water partition coefficient (Wildman–Crippen LogP) is 4.61. The molecule has 2 rings (SSSR count). The number of nitrogens with one attached hydrogen (secondary N) is 2. The number of anilines is 3. The molecule has 0 bridgehead atoms. The molecule has 1 aromatic heterocycles. The summed E-state index contributed by atoms with van der Waals surface area (Å²) < 4.78 is 28.1. The van der Waals surface area contributed by atoms with E-state index in [-0.39, 0.29) is 11.6 Å². The molecule has 0 aliphatic heterocycles. The van der Waals surface area contributed by atoms with Crippen LogP contribution in [-0.2, 0) is 0 Å². The van der Waals surface area contributed by atoms with E-state index >= 15 is 0 Å². The number of aryl methyl sites for hydroxylation is 1. The van der Waals surface area contributed by atoms with Gasteiger partial charge in [-0.15, -0.1) is 0 Å². The SMILES string of the molecule is CCNc1nc(Nc2cccc(C)c2Br)c(F)cc1F. The molecule has 1 aromatic carbocycles. The molecule has 0 unspecified atom stereocenters. The first-order valence-electron chi connectivity index (χ1n) is 6.15. The quantitative estimate of drug-likeness (QED) is 0.852. The van der Waals surface area contributed by atoms with Crippen LogP contribution in [0.3, 0.4) is 0 Å². The molecule has 6 heteroatoms. The van der Waals surface area contributed by atoms with E-state index in [1.54, 1.807) is 6.07 Å². The highest BCUT2D eigenvalue weighted by Gasteiger charge is 2.13. The first-order valence-corrected chi connectivity index (χ1v) is 6.94. The summed E-state index contributed by atoms with van der Waals surface area (Å²) in [6.45, 7) is 4.24. The van der Waals surface area contributed by atoms with E-state index < -0.39 is 11.6 Å². The fraction of sp³-hybridized carbons (Fsp3) is 0.214. The van der Waals surface area contributed by atoms with Gasteiger partial charge in [0, 0.05) is 17.1 Å². The van der Waals surface area contributed by atoms with Gasteiger partial charge in [0.2, 0.25) is 0 Å². The molecule has 0 aliphatic rings. The standard InChI is InChI=1S/C14H14BrF2N3/c1-3-18-13-9(16)7-10(17)14(20-13)19-11-6-4-5-8(2)12(11)15/h4-7H,3H2,1-2H3,(H2,18,19,20). The van der Waals surface area contributed by atoms with Crippen LogP contribution in [0, 0.1) is 18.6 Å². The third kappa shape index (κ3) is 3.07. The number of aromatic nitrogens is 1. The lowest BCUT2D eigenvalue weighted by atomic mass is 10.2. The lowest BCUT2D eigenvalue weighted by Crippen LogP contribution is -2.06. The molecule has 0 spiro atoms. The third-order valence-corrected chi connectivity index (χ3v) is 3.77. The van der Waals surface area contributed by atoms with Crippen LogP contribution in [-0.4, -0.2) is 11.5 Å². The summed E-state index contributed by atoms with van der Waals surface area (Å²) in [6.07, 6.45) is 0. The van der Waals surface area contributed by atoms with Crippen LogP contribution in [0.2, 0.25) is 0 Å². The fourth-order valence-corrected chi connectivity index (χ4v) is 2.08.